The van der Waals surface area contributed by atoms with Crippen molar-refractivity contribution in [3.05, 3.63) is 68.5 Å². The van der Waals surface area contributed by atoms with Crippen LogP contribution in [-0.2, 0) is 22.4 Å². The highest BCUT2D eigenvalue weighted by atomic mass is 35.5. The third kappa shape index (κ3) is 4.55. The number of phenolic OH excluding ortho intramolecular Hbond substituents is 2. The molecule has 1 atom stereocenters. The molecule has 8 nitrogen and oxygen atoms in total. The van der Waals surface area contributed by atoms with Crippen molar-refractivity contribution >= 4 is 34.4 Å². The van der Waals surface area contributed by atoms with E-state index in [0.717, 1.165) is 0 Å². The second-order valence-corrected chi connectivity index (χ2v) is 7.21. The van der Waals surface area contributed by atoms with E-state index in [-0.39, 0.29) is 40.5 Å². The number of aliphatic carboxylic acids is 1. The number of carboxylic acids is 1. The molecule has 156 valence electrons. The van der Waals surface area contributed by atoms with E-state index in [1.54, 1.807) is 19.1 Å². The van der Waals surface area contributed by atoms with Gasteiger partial charge < -0.3 is 25.1 Å². The van der Waals surface area contributed by atoms with E-state index in [0.29, 0.717) is 16.5 Å². The Labute approximate surface area is 175 Å². The van der Waals surface area contributed by atoms with Crippen LogP contribution in [0.2, 0.25) is 5.02 Å². The number of amides is 1. The Bertz CT molecular complexity index is 1180. The van der Waals surface area contributed by atoms with Crippen molar-refractivity contribution in [2.45, 2.75) is 25.8 Å². The fourth-order valence-electron chi connectivity index (χ4n) is 3.08. The fourth-order valence-corrected chi connectivity index (χ4v) is 3.24. The Hall–Kier alpha value is -3.52. The van der Waals surface area contributed by atoms with Crippen LogP contribution < -0.4 is 10.9 Å². The van der Waals surface area contributed by atoms with Crippen LogP contribution in [0, 0.1) is 6.92 Å². The van der Waals surface area contributed by atoms with Crippen molar-refractivity contribution in [3.63, 3.8) is 0 Å². The van der Waals surface area contributed by atoms with Crippen LogP contribution in [0.15, 0.2) is 45.6 Å². The van der Waals surface area contributed by atoms with Crippen molar-refractivity contribution in [1.29, 1.82) is 0 Å². The van der Waals surface area contributed by atoms with E-state index in [1.807, 2.05) is 0 Å². The monoisotopic (exact) mass is 431 g/mol. The first kappa shape index (κ1) is 21.2. The predicted molar refractivity (Wildman–Crippen MR) is 109 cm³/mol. The van der Waals surface area contributed by atoms with Crippen LogP contribution in [0.3, 0.4) is 0 Å². The summed E-state index contributed by atoms with van der Waals surface area (Å²) in [6, 6.07) is 7.37. The zero-order valence-electron chi connectivity index (χ0n) is 15.8. The van der Waals surface area contributed by atoms with Crippen molar-refractivity contribution in [2.24, 2.45) is 0 Å². The van der Waals surface area contributed by atoms with Gasteiger partial charge in [0, 0.05) is 17.9 Å². The molecule has 0 radical (unpaired) electrons. The van der Waals surface area contributed by atoms with Gasteiger partial charge in [-0.15, -0.1) is 0 Å². The maximum Gasteiger partial charge on any atom is 0.340 e. The molecule has 1 aromatic heterocycles. The normalized spacial score (nSPS) is 11.9. The van der Waals surface area contributed by atoms with E-state index in [9.17, 15) is 29.7 Å². The second kappa shape index (κ2) is 8.46. The largest absolute Gasteiger partial charge is 0.508 e. The summed E-state index contributed by atoms with van der Waals surface area (Å²) >= 11 is 5.92. The Balaban J connectivity index is 1.82. The molecule has 0 fully saturated rings. The van der Waals surface area contributed by atoms with E-state index in [2.05, 4.69) is 5.32 Å². The number of hydrogen-bond acceptors (Lipinski definition) is 6. The molecule has 0 aliphatic carbocycles. The number of carboxylic acid groups (broad SMARTS) is 1. The SMILES string of the molecule is Cc1c(CC(=O)N[C@@H](Cc2ccc(O)cc2)C(=O)O)c(=O)oc2cc(O)c(Cl)cc12. The summed E-state index contributed by atoms with van der Waals surface area (Å²) in [7, 11) is 0. The van der Waals surface area contributed by atoms with Crippen LogP contribution in [0.1, 0.15) is 16.7 Å². The molecule has 0 saturated heterocycles. The molecule has 0 unspecified atom stereocenters. The maximum atomic E-state index is 12.5. The van der Waals surface area contributed by atoms with Gasteiger partial charge >= 0.3 is 11.6 Å². The smallest absolute Gasteiger partial charge is 0.340 e. The molecule has 30 heavy (non-hydrogen) atoms. The third-order valence-corrected chi connectivity index (χ3v) is 5.00. The van der Waals surface area contributed by atoms with E-state index in [1.165, 1.54) is 24.3 Å². The molecule has 9 heteroatoms. The molecule has 1 heterocycles. The van der Waals surface area contributed by atoms with Crippen molar-refractivity contribution in [1.82, 2.24) is 5.32 Å². The van der Waals surface area contributed by atoms with E-state index >= 15 is 0 Å². The zero-order chi connectivity index (χ0) is 22.0. The minimum atomic E-state index is -1.24. The van der Waals surface area contributed by atoms with Gasteiger partial charge in [-0.3, -0.25) is 4.79 Å². The topological polar surface area (TPSA) is 137 Å². The summed E-state index contributed by atoms with van der Waals surface area (Å²) in [4.78, 5) is 36.4. The molecule has 0 spiro atoms. The highest BCUT2D eigenvalue weighted by Crippen LogP contribution is 2.30. The Morgan fingerprint density at radius 1 is 1.17 bits per heavy atom. The number of carbonyl (C=O) groups excluding carboxylic acids is 1. The lowest BCUT2D eigenvalue weighted by atomic mass is 10.0. The van der Waals surface area contributed by atoms with Gasteiger partial charge in [-0.05, 0) is 36.2 Å². The summed E-state index contributed by atoms with van der Waals surface area (Å²) in [5, 5.41) is 31.3. The number of nitrogens with one attached hydrogen (secondary N) is 1. The Morgan fingerprint density at radius 2 is 1.83 bits per heavy atom. The number of hydrogen-bond donors (Lipinski definition) is 4. The van der Waals surface area contributed by atoms with Crippen LogP contribution in [0.25, 0.3) is 11.0 Å². The van der Waals surface area contributed by atoms with Crippen molar-refractivity contribution < 1.29 is 29.3 Å². The molecule has 3 rings (SSSR count). The molecule has 0 bridgehead atoms. The first-order chi connectivity index (χ1) is 14.2. The average molecular weight is 432 g/mol. The summed E-state index contributed by atoms with van der Waals surface area (Å²) < 4.78 is 5.18. The third-order valence-electron chi connectivity index (χ3n) is 4.70. The number of phenols is 2. The number of benzene rings is 2. The minimum Gasteiger partial charge on any atom is -0.508 e. The first-order valence-electron chi connectivity index (χ1n) is 8.90. The predicted octanol–water partition coefficient (Wildman–Crippen LogP) is 2.52. The molecule has 0 saturated carbocycles. The van der Waals surface area contributed by atoms with Crippen LogP contribution in [0.4, 0.5) is 0 Å². The molecule has 3 aromatic rings. The second-order valence-electron chi connectivity index (χ2n) is 6.80. The molecular weight excluding hydrogens is 414 g/mol. The summed E-state index contributed by atoms with van der Waals surface area (Å²) in [6.07, 6.45) is -0.385. The van der Waals surface area contributed by atoms with Crippen molar-refractivity contribution in [2.75, 3.05) is 0 Å². The van der Waals surface area contributed by atoms with Gasteiger partial charge in [-0.1, -0.05) is 23.7 Å². The van der Waals surface area contributed by atoms with Crippen LogP contribution in [-0.4, -0.2) is 33.2 Å². The standard InChI is InChI=1S/C21H18ClNO7/c1-10-13-7-15(22)17(25)9-18(13)30-21(29)14(10)8-19(26)23-16(20(27)28)6-11-2-4-12(24)5-3-11/h2-5,7,9,16,24-25H,6,8H2,1H3,(H,23,26)(H,27,28)/t16-/m0/s1. The molecule has 4 N–H and O–H groups in total. The van der Waals surface area contributed by atoms with Gasteiger partial charge in [0.15, 0.2) is 0 Å². The molecule has 0 aliphatic rings. The Morgan fingerprint density at radius 3 is 2.47 bits per heavy atom. The number of rotatable bonds is 6. The van der Waals surface area contributed by atoms with Crippen LogP contribution >= 0.6 is 11.6 Å². The lowest BCUT2D eigenvalue weighted by molar-refractivity contribution is -0.141. The number of aryl methyl sites for hydroxylation is 1. The lowest BCUT2D eigenvalue weighted by Crippen LogP contribution is -2.43. The number of fused-ring (bicyclic) bond motifs is 1. The summed E-state index contributed by atoms with van der Waals surface area (Å²) in [5.41, 5.74) is 0.483. The van der Waals surface area contributed by atoms with E-state index in [4.69, 9.17) is 16.0 Å². The molecular formula is C21H18ClNO7. The van der Waals surface area contributed by atoms with E-state index < -0.39 is 23.5 Å². The summed E-state index contributed by atoms with van der Waals surface area (Å²) in [6.45, 7) is 1.61. The van der Waals surface area contributed by atoms with Gasteiger partial charge in [0.25, 0.3) is 0 Å². The van der Waals surface area contributed by atoms with Gasteiger partial charge in [0.1, 0.15) is 23.1 Å². The fraction of sp³-hybridized carbons (Fsp3) is 0.190. The molecule has 0 aliphatic heterocycles. The Kier molecular flexibility index (Phi) is 5.98. The molecule has 1 amide bonds. The number of aromatic hydroxyl groups is 2. The highest BCUT2D eigenvalue weighted by molar-refractivity contribution is 6.32. The first-order valence-corrected chi connectivity index (χ1v) is 9.28. The zero-order valence-corrected chi connectivity index (χ0v) is 16.6. The van der Waals surface area contributed by atoms with Crippen LogP contribution in [0.5, 0.6) is 11.5 Å². The number of halogens is 1. The van der Waals surface area contributed by atoms with Gasteiger partial charge in [-0.2, -0.15) is 0 Å². The molecule has 2 aromatic carbocycles. The average Bonchev–Trinajstić information content (AvgIpc) is 2.68. The quantitative estimate of drug-likeness (QED) is 0.440. The highest BCUT2D eigenvalue weighted by Gasteiger charge is 2.23. The van der Waals surface area contributed by atoms with Crippen molar-refractivity contribution in [3.8, 4) is 11.5 Å². The maximum absolute atomic E-state index is 12.5. The van der Waals surface area contributed by atoms with Gasteiger partial charge in [0.05, 0.1) is 17.0 Å². The minimum absolute atomic E-state index is 0.00154. The lowest BCUT2D eigenvalue weighted by Gasteiger charge is -2.15. The number of carbonyl (C=O) groups is 2. The van der Waals surface area contributed by atoms with Gasteiger partial charge in [0.2, 0.25) is 5.91 Å². The van der Waals surface area contributed by atoms with Gasteiger partial charge in [-0.25, -0.2) is 9.59 Å². The summed E-state index contributed by atoms with van der Waals surface area (Å²) in [5.74, 6) is -2.10.